The molecule has 0 unspecified atom stereocenters. The summed E-state index contributed by atoms with van der Waals surface area (Å²) in [5.41, 5.74) is -0.514. The van der Waals surface area contributed by atoms with E-state index in [4.69, 9.17) is 4.74 Å². The minimum Gasteiger partial charge on any atom is -0.449 e. The van der Waals surface area contributed by atoms with Crippen LogP contribution < -0.4 is 0 Å². The number of amides is 1. The zero-order valence-corrected chi connectivity index (χ0v) is 9.15. The summed E-state index contributed by atoms with van der Waals surface area (Å²) in [7, 11) is 0. The molecule has 0 aromatic heterocycles. The first kappa shape index (κ1) is 9.87. The number of carbonyl (C=O) groups is 2. The van der Waals surface area contributed by atoms with Gasteiger partial charge in [-0.15, -0.1) is 0 Å². The first-order chi connectivity index (χ1) is 7.71. The third-order valence-electron chi connectivity index (χ3n) is 3.90. The molecular formula is C12H15NO3. The summed E-state index contributed by atoms with van der Waals surface area (Å²) in [4.78, 5) is 24.9. The quantitative estimate of drug-likeness (QED) is 0.574. The highest BCUT2D eigenvalue weighted by Crippen LogP contribution is 2.40. The zero-order valence-electron chi connectivity index (χ0n) is 9.15. The summed E-state index contributed by atoms with van der Waals surface area (Å²) in [6.07, 6.45) is 7.66. The van der Waals surface area contributed by atoms with Crippen molar-refractivity contribution in [2.75, 3.05) is 6.54 Å². The lowest BCUT2D eigenvalue weighted by Gasteiger charge is -2.35. The van der Waals surface area contributed by atoms with E-state index in [9.17, 15) is 9.59 Å². The minimum absolute atomic E-state index is 0.0743. The van der Waals surface area contributed by atoms with Gasteiger partial charge in [0.2, 0.25) is 5.91 Å². The van der Waals surface area contributed by atoms with Crippen molar-refractivity contribution in [1.82, 2.24) is 4.90 Å². The van der Waals surface area contributed by atoms with Gasteiger partial charge in [-0.05, 0) is 31.8 Å². The molecule has 3 heterocycles. The second kappa shape index (κ2) is 3.34. The van der Waals surface area contributed by atoms with Crippen LogP contribution in [0.3, 0.4) is 0 Å². The molecule has 0 bridgehead atoms. The summed E-state index contributed by atoms with van der Waals surface area (Å²) in [5.74, 6) is -0.0520. The van der Waals surface area contributed by atoms with Crippen LogP contribution in [0.4, 0.5) is 0 Å². The third kappa shape index (κ3) is 1.29. The molecule has 0 aliphatic carbocycles. The lowest BCUT2D eigenvalue weighted by atomic mass is 9.88. The van der Waals surface area contributed by atoms with Crippen LogP contribution in [0.5, 0.6) is 0 Å². The minimum atomic E-state index is -0.514. The summed E-state index contributed by atoms with van der Waals surface area (Å²) >= 11 is 0. The zero-order chi connectivity index (χ0) is 11.2. The van der Waals surface area contributed by atoms with Crippen molar-refractivity contribution in [2.45, 2.75) is 43.7 Å². The highest BCUT2D eigenvalue weighted by molar-refractivity contribution is 5.86. The van der Waals surface area contributed by atoms with Gasteiger partial charge in [-0.2, -0.15) is 0 Å². The monoisotopic (exact) mass is 221 g/mol. The van der Waals surface area contributed by atoms with Crippen molar-refractivity contribution in [2.24, 2.45) is 0 Å². The molecule has 1 amide bonds. The van der Waals surface area contributed by atoms with E-state index in [0.717, 1.165) is 32.2 Å². The van der Waals surface area contributed by atoms with Crippen LogP contribution in [0, 0.1) is 0 Å². The SMILES string of the molecule is O=C1C=C[C@]2(CCCCN3C(=O)CC[C@H]32)O1. The van der Waals surface area contributed by atoms with E-state index in [1.807, 2.05) is 11.0 Å². The van der Waals surface area contributed by atoms with Gasteiger partial charge in [0.25, 0.3) is 0 Å². The normalized spacial score (nSPS) is 37.8. The van der Waals surface area contributed by atoms with Gasteiger partial charge in [0.15, 0.2) is 5.60 Å². The fourth-order valence-corrected chi connectivity index (χ4v) is 3.15. The molecule has 2 fully saturated rings. The Morgan fingerprint density at radius 3 is 3.00 bits per heavy atom. The number of fused-ring (bicyclic) bond motifs is 2. The first-order valence-corrected chi connectivity index (χ1v) is 5.93. The summed E-state index contributed by atoms with van der Waals surface area (Å²) < 4.78 is 5.49. The Kier molecular flexibility index (Phi) is 2.06. The highest BCUT2D eigenvalue weighted by Gasteiger charge is 2.50. The van der Waals surface area contributed by atoms with Crippen molar-refractivity contribution in [3.63, 3.8) is 0 Å². The average Bonchev–Trinajstić information content (AvgIpc) is 2.73. The molecule has 4 heteroatoms. The molecule has 3 rings (SSSR count). The molecule has 86 valence electrons. The van der Waals surface area contributed by atoms with E-state index in [1.165, 1.54) is 6.08 Å². The number of nitrogens with zero attached hydrogens (tertiary/aromatic N) is 1. The Balaban J connectivity index is 1.95. The standard InChI is InChI=1S/C12H15NO3/c14-10-4-3-9-12(7-5-11(15)16-12)6-1-2-8-13(9)10/h5,7,9H,1-4,6,8H2/t9-,12-/m0/s1. The molecular weight excluding hydrogens is 206 g/mol. The predicted octanol–water partition coefficient (Wildman–Crippen LogP) is 1.01. The fraction of sp³-hybridized carbons (Fsp3) is 0.667. The Bertz CT molecular complexity index is 376. The van der Waals surface area contributed by atoms with Crippen LogP contribution in [-0.2, 0) is 14.3 Å². The van der Waals surface area contributed by atoms with Gasteiger partial charge in [-0.1, -0.05) is 0 Å². The van der Waals surface area contributed by atoms with Gasteiger partial charge >= 0.3 is 5.97 Å². The van der Waals surface area contributed by atoms with Gasteiger partial charge < -0.3 is 9.64 Å². The predicted molar refractivity (Wildman–Crippen MR) is 56.5 cm³/mol. The molecule has 0 radical (unpaired) electrons. The van der Waals surface area contributed by atoms with E-state index in [0.29, 0.717) is 6.42 Å². The van der Waals surface area contributed by atoms with Crippen LogP contribution in [0.1, 0.15) is 32.1 Å². The fourth-order valence-electron chi connectivity index (χ4n) is 3.15. The number of esters is 1. The van der Waals surface area contributed by atoms with Gasteiger partial charge in [-0.25, -0.2) is 4.79 Å². The summed E-state index contributed by atoms with van der Waals surface area (Å²) in [6, 6.07) is 0.0743. The maximum absolute atomic E-state index is 11.7. The first-order valence-electron chi connectivity index (χ1n) is 5.93. The van der Waals surface area contributed by atoms with Gasteiger partial charge in [0.05, 0.1) is 6.04 Å². The molecule has 0 aromatic rings. The van der Waals surface area contributed by atoms with Crippen LogP contribution in [0.25, 0.3) is 0 Å². The molecule has 3 aliphatic rings. The number of ether oxygens (including phenoxy) is 1. The Morgan fingerprint density at radius 2 is 2.25 bits per heavy atom. The van der Waals surface area contributed by atoms with E-state index < -0.39 is 5.60 Å². The number of rotatable bonds is 0. The van der Waals surface area contributed by atoms with Crippen LogP contribution in [0.2, 0.25) is 0 Å². The number of hydrogen-bond donors (Lipinski definition) is 0. The topological polar surface area (TPSA) is 46.6 Å². The average molecular weight is 221 g/mol. The second-order valence-corrected chi connectivity index (χ2v) is 4.81. The van der Waals surface area contributed by atoms with Crippen LogP contribution in [-0.4, -0.2) is 35.0 Å². The molecule has 0 N–H and O–H groups in total. The van der Waals surface area contributed by atoms with E-state index in [-0.39, 0.29) is 17.9 Å². The maximum Gasteiger partial charge on any atom is 0.331 e. The molecule has 0 aromatic carbocycles. The Morgan fingerprint density at radius 1 is 1.38 bits per heavy atom. The largest absolute Gasteiger partial charge is 0.449 e. The maximum atomic E-state index is 11.7. The molecule has 16 heavy (non-hydrogen) atoms. The highest BCUT2D eigenvalue weighted by atomic mass is 16.6. The van der Waals surface area contributed by atoms with Gasteiger partial charge in [0, 0.05) is 19.0 Å². The number of carbonyl (C=O) groups excluding carboxylic acids is 2. The molecule has 2 saturated heterocycles. The number of hydrogen-bond acceptors (Lipinski definition) is 3. The van der Waals surface area contributed by atoms with Gasteiger partial charge in [0.1, 0.15) is 0 Å². The van der Waals surface area contributed by atoms with E-state index in [2.05, 4.69) is 0 Å². The Hall–Kier alpha value is -1.32. The third-order valence-corrected chi connectivity index (χ3v) is 3.90. The lowest BCUT2D eigenvalue weighted by Crippen LogP contribution is -2.49. The van der Waals surface area contributed by atoms with Crippen LogP contribution >= 0.6 is 0 Å². The van der Waals surface area contributed by atoms with Crippen molar-refractivity contribution >= 4 is 11.9 Å². The van der Waals surface area contributed by atoms with Crippen molar-refractivity contribution in [3.8, 4) is 0 Å². The second-order valence-electron chi connectivity index (χ2n) is 4.81. The smallest absolute Gasteiger partial charge is 0.331 e. The molecule has 1 spiro atoms. The molecule has 3 aliphatic heterocycles. The van der Waals surface area contributed by atoms with E-state index in [1.54, 1.807) is 0 Å². The van der Waals surface area contributed by atoms with Crippen molar-refractivity contribution in [3.05, 3.63) is 12.2 Å². The lowest BCUT2D eigenvalue weighted by molar-refractivity contribution is -0.152. The van der Waals surface area contributed by atoms with Crippen LogP contribution in [0.15, 0.2) is 12.2 Å². The van der Waals surface area contributed by atoms with Crippen molar-refractivity contribution < 1.29 is 14.3 Å². The van der Waals surface area contributed by atoms with Crippen molar-refractivity contribution in [1.29, 1.82) is 0 Å². The Labute approximate surface area is 94.2 Å². The molecule has 0 saturated carbocycles. The molecule has 2 atom stereocenters. The van der Waals surface area contributed by atoms with Gasteiger partial charge in [-0.3, -0.25) is 4.79 Å². The molecule has 4 nitrogen and oxygen atoms in total. The van der Waals surface area contributed by atoms with E-state index >= 15 is 0 Å². The summed E-state index contributed by atoms with van der Waals surface area (Å²) in [6.45, 7) is 0.816. The summed E-state index contributed by atoms with van der Waals surface area (Å²) in [5, 5.41) is 0.